The number of hydrogen-bond donors (Lipinski definition) is 2. The molecule has 2 N–H and O–H groups in total. The first-order valence-corrected chi connectivity index (χ1v) is 9.55. The lowest BCUT2D eigenvalue weighted by atomic mass is 10.2. The molecule has 0 bridgehead atoms. The van der Waals surface area contributed by atoms with Gasteiger partial charge in [0.05, 0.1) is 13.1 Å². The van der Waals surface area contributed by atoms with E-state index in [1.165, 1.54) is 5.56 Å². The summed E-state index contributed by atoms with van der Waals surface area (Å²) >= 11 is 0. The van der Waals surface area contributed by atoms with Gasteiger partial charge in [-0.25, -0.2) is 4.99 Å². The Morgan fingerprint density at radius 2 is 1.69 bits per heavy atom. The highest BCUT2D eigenvalue weighted by Crippen LogP contribution is 2.12. The molecule has 0 radical (unpaired) electrons. The minimum atomic E-state index is -0.0263. The lowest BCUT2D eigenvalue weighted by Crippen LogP contribution is -2.38. The number of carbonyl (C=O) groups is 1. The van der Waals surface area contributed by atoms with Crippen molar-refractivity contribution in [2.75, 3.05) is 39.5 Å². The number of likely N-dealkylation sites (N-methyl/N-ethyl adjacent to an activating group) is 1. The summed E-state index contributed by atoms with van der Waals surface area (Å²) in [4.78, 5) is 20.7. The van der Waals surface area contributed by atoms with Gasteiger partial charge in [0.15, 0.2) is 5.96 Å². The van der Waals surface area contributed by atoms with Gasteiger partial charge in [-0.3, -0.25) is 4.79 Å². The number of halogens is 1. The van der Waals surface area contributed by atoms with Crippen molar-refractivity contribution in [3.8, 4) is 0 Å². The van der Waals surface area contributed by atoms with Crippen LogP contribution in [0.5, 0.6) is 0 Å². The van der Waals surface area contributed by atoms with Gasteiger partial charge in [-0.1, -0.05) is 42.5 Å². The van der Waals surface area contributed by atoms with E-state index < -0.39 is 0 Å². The van der Waals surface area contributed by atoms with E-state index in [0.29, 0.717) is 13.1 Å². The smallest absolute Gasteiger partial charge is 0.238 e. The second-order valence-electron chi connectivity index (χ2n) is 7.00. The quantitative estimate of drug-likeness (QED) is 0.326. The third-order valence-electron chi connectivity index (χ3n) is 4.04. The Morgan fingerprint density at radius 1 is 1.00 bits per heavy atom. The Labute approximate surface area is 191 Å². The van der Waals surface area contributed by atoms with Gasteiger partial charge in [0.25, 0.3) is 0 Å². The monoisotopic (exact) mass is 509 g/mol. The topological polar surface area (TPSA) is 60.0 Å². The van der Waals surface area contributed by atoms with Crippen LogP contribution < -0.4 is 10.6 Å². The first-order chi connectivity index (χ1) is 13.5. The summed E-state index contributed by atoms with van der Waals surface area (Å²) in [6, 6.07) is 18.2. The Kier molecular flexibility index (Phi) is 11.3. The fraction of sp³-hybridized carbons (Fsp3) is 0.364. The third kappa shape index (κ3) is 9.27. The van der Waals surface area contributed by atoms with E-state index in [9.17, 15) is 4.79 Å². The predicted molar refractivity (Wildman–Crippen MR) is 132 cm³/mol. The summed E-state index contributed by atoms with van der Waals surface area (Å²) in [5.74, 6) is 0.829. The van der Waals surface area contributed by atoms with Gasteiger partial charge in [-0.2, -0.15) is 0 Å². The number of amides is 1. The Balaban J connectivity index is 0.00000420. The van der Waals surface area contributed by atoms with E-state index in [1.807, 2.05) is 68.5 Å². The molecule has 0 heterocycles. The van der Waals surface area contributed by atoms with Gasteiger partial charge in [-0.15, -0.1) is 24.0 Å². The number of rotatable bonds is 8. The van der Waals surface area contributed by atoms with Crippen LogP contribution in [0.3, 0.4) is 0 Å². The van der Waals surface area contributed by atoms with Crippen LogP contribution in [0.25, 0.3) is 0 Å². The van der Waals surface area contributed by atoms with Crippen LogP contribution in [0.4, 0.5) is 5.69 Å². The summed E-state index contributed by atoms with van der Waals surface area (Å²) in [7, 11) is 5.78. The van der Waals surface area contributed by atoms with Crippen LogP contribution in [0.1, 0.15) is 18.1 Å². The first-order valence-electron chi connectivity index (χ1n) is 9.55. The van der Waals surface area contributed by atoms with Crippen molar-refractivity contribution in [3.63, 3.8) is 0 Å². The molecule has 0 aliphatic heterocycles. The van der Waals surface area contributed by atoms with Gasteiger partial charge in [0.1, 0.15) is 0 Å². The number of aliphatic imine (C=N–C) groups is 1. The van der Waals surface area contributed by atoms with Crippen LogP contribution in [-0.2, 0) is 17.9 Å². The third-order valence-corrected chi connectivity index (χ3v) is 4.04. The fourth-order valence-electron chi connectivity index (χ4n) is 2.80. The number of benzene rings is 2. The van der Waals surface area contributed by atoms with Crippen molar-refractivity contribution in [1.82, 2.24) is 15.1 Å². The molecule has 0 atom stereocenters. The van der Waals surface area contributed by atoms with Crippen LogP contribution >= 0.6 is 24.0 Å². The summed E-state index contributed by atoms with van der Waals surface area (Å²) in [6.45, 7) is 4.55. The number of carbonyl (C=O) groups excluding carboxylic acids is 1. The molecule has 6 nitrogen and oxygen atoms in total. The zero-order valence-corrected chi connectivity index (χ0v) is 20.0. The lowest BCUT2D eigenvalue weighted by Gasteiger charge is -2.22. The molecule has 29 heavy (non-hydrogen) atoms. The van der Waals surface area contributed by atoms with Crippen molar-refractivity contribution >= 4 is 41.5 Å². The van der Waals surface area contributed by atoms with Crippen LogP contribution in [0, 0.1) is 0 Å². The summed E-state index contributed by atoms with van der Waals surface area (Å²) in [5.41, 5.74) is 3.08. The average Bonchev–Trinajstić information content (AvgIpc) is 2.65. The maximum absolute atomic E-state index is 12.0. The van der Waals surface area contributed by atoms with Gasteiger partial charge in [-0.05, 0) is 44.3 Å². The van der Waals surface area contributed by atoms with E-state index in [4.69, 9.17) is 4.99 Å². The molecular weight excluding hydrogens is 477 g/mol. The Hall–Kier alpha value is -2.13. The van der Waals surface area contributed by atoms with Gasteiger partial charge in [0.2, 0.25) is 5.91 Å². The highest BCUT2D eigenvalue weighted by molar-refractivity contribution is 14.0. The van der Waals surface area contributed by atoms with Gasteiger partial charge in [0, 0.05) is 25.8 Å². The summed E-state index contributed by atoms with van der Waals surface area (Å²) < 4.78 is 0. The number of guanidine groups is 1. The molecule has 7 heteroatoms. The number of hydrogen-bond acceptors (Lipinski definition) is 3. The molecule has 0 saturated carbocycles. The molecule has 0 unspecified atom stereocenters. The minimum Gasteiger partial charge on any atom is -0.357 e. The first kappa shape index (κ1) is 24.9. The Morgan fingerprint density at radius 3 is 2.34 bits per heavy atom. The summed E-state index contributed by atoms with van der Waals surface area (Å²) in [6.07, 6.45) is 0. The van der Waals surface area contributed by atoms with E-state index in [2.05, 4.69) is 34.6 Å². The van der Waals surface area contributed by atoms with Crippen molar-refractivity contribution < 1.29 is 4.79 Å². The zero-order valence-electron chi connectivity index (χ0n) is 17.7. The predicted octanol–water partition coefficient (Wildman–Crippen LogP) is 3.40. The van der Waals surface area contributed by atoms with Gasteiger partial charge >= 0.3 is 0 Å². The lowest BCUT2D eigenvalue weighted by molar-refractivity contribution is -0.116. The maximum Gasteiger partial charge on any atom is 0.238 e. The van der Waals surface area contributed by atoms with Crippen LogP contribution in [-0.4, -0.2) is 55.9 Å². The standard InChI is InChI=1S/C22H31N5O.HI/c1-5-23-22(27(4)16-18-10-7-6-8-11-18)24-15-19-12-9-13-20(14-19)25-21(28)17-26(2)3;/h6-14H,5,15-17H2,1-4H3,(H,23,24)(H,25,28);1H. The maximum atomic E-state index is 12.0. The molecule has 0 aromatic heterocycles. The van der Waals surface area contributed by atoms with E-state index >= 15 is 0 Å². The number of nitrogens with one attached hydrogen (secondary N) is 2. The zero-order chi connectivity index (χ0) is 20.4. The molecule has 0 fully saturated rings. The molecule has 0 saturated heterocycles. The van der Waals surface area contributed by atoms with Gasteiger partial charge < -0.3 is 20.4 Å². The highest BCUT2D eigenvalue weighted by atomic mass is 127. The summed E-state index contributed by atoms with van der Waals surface area (Å²) in [5, 5.41) is 6.27. The minimum absolute atomic E-state index is 0. The average molecular weight is 509 g/mol. The Bertz CT molecular complexity index is 780. The normalized spacial score (nSPS) is 11.0. The number of nitrogens with zero attached hydrogens (tertiary/aromatic N) is 3. The van der Waals surface area contributed by atoms with Crippen LogP contribution in [0.2, 0.25) is 0 Å². The second kappa shape index (κ2) is 13.2. The molecule has 1 amide bonds. The molecule has 2 aromatic carbocycles. The fourth-order valence-corrected chi connectivity index (χ4v) is 2.80. The van der Waals surface area contributed by atoms with Crippen molar-refractivity contribution in [2.45, 2.75) is 20.0 Å². The van der Waals surface area contributed by atoms with E-state index in [-0.39, 0.29) is 29.9 Å². The number of anilines is 1. The molecule has 0 aliphatic rings. The second-order valence-corrected chi connectivity index (χ2v) is 7.00. The molecule has 158 valence electrons. The van der Waals surface area contributed by atoms with E-state index in [1.54, 1.807) is 0 Å². The van der Waals surface area contributed by atoms with Crippen LogP contribution in [0.15, 0.2) is 59.6 Å². The largest absolute Gasteiger partial charge is 0.357 e. The SMILES string of the molecule is CCNC(=NCc1cccc(NC(=O)CN(C)C)c1)N(C)Cc1ccccc1.I. The highest BCUT2D eigenvalue weighted by Gasteiger charge is 2.07. The van der Waals surface area contributed by atoms with Crippen molar-refractivity contribution in [1.29, 1.82) is 0 Å². The molecule has 2 rings (SSSR count). The molecule has 2 aromatic rings. The van der Waals surface area contributed by atoms with E-state index in [0.717, 1.165) is 30.3 Å². The molecule has 0 aliphatic carbocycles. The van der Waals surface area contributed by atoms with Crippen molar-refractivity contribution in [2.24, 2.45) is 4.99 Å². The van der Waals surface area contributed by atoms with Crippen molar-refractivity contribution in [3.05, 3.63) is 65.7 Å². The molecule has 0 spiro atoms. The molecular formula is C22H32IN5O.